The average Bonchev–Trinajstić information content (AvgIpc) is 3.29. The van der Waals surface area contributed by atoms with E-state index in [0.29, 0.717) is 36.2 Å². The van der Waals surface area contributed by atoms with Gasteiger partial charge in [0, 0.05) is 30.1 Å². The van der Waals surface area contributed by atoms with Crippen molar-refractivity contribution in [2.75, 3.05) is 13.2 Å². The number of imidazole rings is 2. The summed E-state index contributed by atoms with van der Waals surface area (Å²) in [5, 5.41) is 21.9. The van der Waals surface area contributed by atoms with Crippen LogP contribution in [-0.4, -0.2) is 58.0 Å². The lowest BCUT2D eigenvalue weighted by Gasteiger charge is -2.31. The van der Waals surface area contributed by atoms with Crippen molar-refractivity contribution >= 4 is 28.7 Å². The summed E-state index contributed by atoms with van der Waals surface area (Å²) in [4.78, 5) is 22.0. The minimum atomic E-state index is -0.647. The number of amides is 1. The Labute approximate surface area is 232 Å². The van der Waals surface area contributed by atoms with Crippen molar-refractivity contribution in [3.05, 3.63) is 82.3 Å². The predicted molar refractivity (Wildman–Crippen MR) is 142 cm³/mol. The van der Waals surface area contributed by atoms with Crippen LogP contribution in [0.5, 0.6) is 0 Å². The Morgan fingerprint density at radius 2 is 2.10 bits per heavy atom. The minimum absolute atomic E-state index is 0.0230. The molecule has 1 aliphatic carbocycles. The molecule has 206 valence electrons. The molecule has 6 heterocycles. The van der Waals surface area contributed by atoms with Crippen LogP contribution in [0.1, 0.15) is 70.8 Å². The average molecular weight is 565 g/mol. The van der Waals surface area contributed by atoms with Gasteiger partial charge in [-0.1, -0.05) is 16.8 Å². The maximum absolute atomic E-state index is 14.6. The molecule has 0 aromatic carbocycles. The summed E-state index contributed by atoms with van der Waals surface area (Å²) in [7, 11) is 0. The number of aliphatic hydroxyl groups excluding tert-OH is 1. The van der Waals surface area contributed by atoms with Crippen molar-refractivity contribution in [3.63, 3.8) is 0 Å². The third-order valence-corrected chi connectivity index (χ3v) is 7.89. The summed E-state index contributed by atoms with van der Waals surface area (Å²) in [5.41, 5.74) is 4.08. The van der Waals surface area contributed by atoms with Gasteiger partial charge < -0.3 is 24.0 Å². The van der Waals surface area contributed by atoms with Crippen LogP contribution < -0.4 is 5.32 Å². The van der Waals surface area contributed by atoms with Gasteiger partial charge in [0.1, 0.15) is 11.2 Å². The van der Waals surface area contributed by atoms with Crippen LogP contribution in [0.25, 0.3) is 11.2 Å². The van der Waals surface area contributed by atoms with Crippen LogP contribution >= 0.6 is 11.6 Å². The third-order valence-electron chi connectivity index (χ3n) is 7.60. The first kappa shape index (κ1) is 25.1. The third kappa shape index (κ3) is 4.41. The van der Waals surface area contributed by atoms with Gasteiger partial charge in [-0.2, -0.15) is 0 Å². The molecule has 2 atom stereocenters. The van der Waals surface area contributed by atoms with Gasteiger partial charge >= 0.3 is 0 Å². The Morgan fingerprint density at radius 1 is 1.27 bits per heavy atom. The van der Waals surface area contributed by atoms with E-state index >= 15 is 0 Å². The molecule has 7 rings (SSSR count). The van der Waals surface area contributed by atoms with Gasteiger partial charge in [-0.15, -0.1) is 5.10 Å². The number of aliphatic hydroxyl groups is 1. The molecule has 0 spiro atoms. The van der Waals surface area contributed by atoms with Crippen LogP contribution in [0, 0.1) is 11.7 Å². The Kier molecular flexibility index (Phi) is 6.06. The van der Waals surface area contributed by atoms with Crippen molar-refractivity contribution in [2.45, 2.75) is 44.4 Å². The van der Waals surface area contributed by atoms with Gasteiger partial charge in [-0.3, -0.25) is 4.79 Å². The molecular weight excluding hydrogens is 539 g/mol. The summed E-state index contributed by atoms with van der Waals surface area (Å²) in [6.07, 6.45) is 10.3. The normalized spacial score (nSPS) is 17.3. The largest absolute Gasteiger partial charge is 0.388 e. The topological polar surface area (TPSA) is 124 Å². The molecule has 1 amide bonds. The highest BCUT2D eigenvalue weighted by Crippen LogP contribution is 2.42. The number of hydrogen-bond acceptors (Lipinski definition) is 7. The number of carbonyl (C=O) groups excluding carboxylic acids is 1. The fraction of sp³-hybridized carbons (Fsp3) is 0.370. The first-order valence-electron chi connectivity index (χ1n) is 13.1. The van der Waals surface area contributed by atoms with Gasteiger partial charge in [0.15, 0.2) is 11.5 Å². The molecule has 2 aliphatic rings. The number of fused-ring (bicyclic) bond motifs is 2. The van der Waals surface area contributed by atoms with E-state index in [1.54, 1.807) is 13.1 Å². The maximum Gasteiger partial charge on any atom is 0.273 e. The molecule has 2 unspecified atom stereocenters. The number of nitrogens with zero attached hydrogens (tertiary/aromatic N) is 7. The van der Waals surface area contributed by atoms with E-state index in [1.807, 2.05) is 10.6 Å². The number of ether oxygens (including phenoxy) is 1. The Bertz CT molecular complexity index is 1760. The monoisotopic (exact) mass is 564 g/mol. The second-order valence-corrected chi connectivity index (χ2v) is 11.0. The lowest BCUT2D eigenvalue weighted by molar-refractivity contribution is -0.0921. The molecule has 1 saturated carbocycles. The number of aromatic nitrogens is 7. The molecule has 0 bridgehead atoms. The van der Waals surface area contributed by atoms with E-state index in [-0.39, 0.29) is 28.7 Å². The zero-order valence-electron chi connectivity index (χ0n) is 21.5. The molecule has 40 heavy (non-hydrogen) atoms. The number of rotatable bonds is 8. The lowest BCUT2D eigenvalue weighted by Crippen LogP contribution is -2.33. The molecular formula is C27H26ClFN8O3. The van der Waals surface area contributed by atoms with Crippen LogP contribution in [0.4, 0.5) is 4.39 Å². The fourth-order valence-electron chi connectivity index (χ4n) is 5.17. The number of pyridine rings is 2. The Hall–Kier alpha value is -3.87. The SMILES string of the molecule is CC(NC(=O)c1cn(Cc2cn3cc(C4CC4)cc(C(O)C4COC4)c3n2)nn1)c1ncn2ccc(Cl)c(F)c12. The highest BCUT2D eigenvalue weighted by molar-refractivity contribution is 6.31. The summed E-state index contributed by atoms with van der Waals surface area (Å²) in [6, 6.07) is 2.91. The first-order valence-corrected chi connectivity index (χ1v) is 13.5. The zero-order valence-corrected chi connectivity index (χ0v) is 22.3. The van der Waals surface area contributed by atoms with Gasteiger partial charge in [0.2, 0.25) is 0 Å². The van der Waals surface area contributed by atoms with E-state index in [9.17, 15) is 14.3 Å². The van der Waals surface area contributed by atoms with Crippen LogP contribution in [0.3, 0.4) is 0 Å². The molecule has 0 radical (unpaired) electrons. The summed E-state index contributed by atoms with van der Waals surface area (Å²) >= 11 is 5.94. The minimum Gasteiger partial charge on any atom is -0.388 e. The number of carbonyl (C=O) groups is 1. The summed E-state index contributed by atoms with van der Waals surface area (Å²) in [5.74, 6) is -0.492. The van der Waals surface area contributed by atoms with Crippen LogP contribution in [0.2, 0.25) is 5.02 Å². The van der Waals surface area contributed by atoms with E-state index < -0.39 is 23.9 Å². The molecule has 2 N–H and O–H groups in total. The first-order chi connectivity index (χ1) is 19.4. The molecule has 2 fully saturated rings. The summed E-state index contributed by atoms with van der Waals surface area (Å²) < 4.78 is 24.9. The standard InChI is InChI=1S/C27H26ClFN8O3/c1-14(23-24-22(29)20(28)4-5-35(24)13-30-23)31-27(39)21-10-37(34-33-21)9-18-8-36-7-16(15-2-3-15)6-19(26(36)32-18)25(38)17-11-40-12-17/h4-8,10,13-15,17,25,38H,2-3,9,11-12H2,1H3,(H,31,39). The van der Waals surface area contributed by atoms with Gasteiger partial charge in [0.25, 0.3) is 5.91 Å². The molecule has 11 nitrogen and oxygen atoms in total. The molecule has 5 aromatic rings. The van der Waals surface area contributed by atoms with Gasteiger partial charge in [-0.05, 0) is 43.4 Å². The van der Waals surface area contributed by atoms with Crippen molar-refractivity contribution in [3.8, 4) is 0 Å². The van der Waals surface area contributed by atoms with Crippen molar-refractivity contribution in [1.82, 2.24) is 39.1 Å². The van der Waals surface area contributed by atoms with E-state index in [1.165, 1.54) is 33.2 Å². The van der Waals surface area contributed by atoms with Crippen LogP contribution in [0.15, 0.2) is 43.2 Å². The quantitative estimate of drug-likeness (QED) is 0.296. The summed E-state index contributed by atoms with van der Waals surface area (Å²) in [6.45, 7) is 3.07. The van der Waals surface area contributed by atoms with Crippen molar-refractivity contribution in [2.24, 2.45) is 5.92 Å². The zero-order chi connectivity index (χ0) is 27.5. The van der Waals surface area contributed by atoms with E-state index in [4.69, 9.17) is 21.3 Å². The molecule has 1 saturated heterocycles. The molecule has 1 aliphatic heterocycles. The van der Waals surface area contributed by atoms with E-state index in [0.717, 1.165) is 18.4 Å². The Morgan fingerprint density at radius 3 is 2.85 bits per heavy atom. The predicted octanol–water partition coefficient (Wildman–Crippen LogP) is 3.46. The number of nitrogens with one attached hydrogen (secondary N) is 1. The van der Waals surface area contributed by atoms with Gasteiger partial charge in [0.05, 0.1) is 60.8 Å². The second-order valence-electron chi connectivity index (χ2n) is 10.6. The van der Waals surface area contributed by atoms with Gasteiger partial charge in [-0.25, -0.2) is 19.0 Å². The molecule has 5 aromatic heterocycles. The van der Waals surface area contributed by atoms with E-state index in [2.05, 4.69) is 32.9 Å². The highest BCUT2D eigenvalue weighted by Gasteiger charge is 2.32. The second kappa shape index (κ2) is 9.65. The van der Waals surface area contributed by atoms with Crippen molar-refractivity contribution < 1.29 is 19.0 Å². The fourth-order valence-corrected chi connectivity index (χ4v) is 5.32. The highest BCUT2D eigenvalue weighted by atomic mass is 35.5. The Balaban J connectivity index is 1.10. The number of hydrogen-bond donors (Lipinski definition) is 2. The van der Waals surface area contributed by atoms with Crippen LogP contribution in [-0.2, 0) is 11.3 Å². The number of halogens is 2. The smallest absolute Gasteiger partial charge is 0.273 e. The maximum atomic E-state index is 14.6. The van der Waals surface area contributed by atoms with Crippen molar-refractivity contribution in [1.29, 1.82) is 0 Å². The molecule has 13 heteroatoms. The lowest BCUT2D eigenvalue weighted by atomic mass is 9.93.